The van der Waals surface area contributed by atoms with Crippen LogP contribution >= 0.6 is 0 Å². The number of H-pyrrole nitrogens is 1. The van der Waals surface area contributed by atoms with Gasteiger partial charge in [0.2, 0.25) is 12.7 Å². The molecule has 1 aromatic heterocycles. The fourth-order valence-electron chi connectivity index (χ4n) is 4.81. The Kier molecular flexibility index (Phi) is 6.71. The predicted octanol–water partition coefficient (Wildman–Crippen LogP) is 5.31. The van der Waals surface area contributed by atoms with Crippen molar-refractivity contribution in [1.82, 2.24) is 10.3 Å². The average molecular weight is 487 g/mol. The summed E-state index contributed by atoms with van der Waals surface area (Å²) in [5, 5.41) is 4.20. The van der Waals surface area contributed by atoms with E-state index in [-0.39, 0.29) is 25.0 Å². The Morgan fingerprint density at radius 2 is 1.86 bits per heavy atom. The van der Waals surface area contributed by atoms with Gasteiger partial charge in [-0.05, 0) is 52.9 Å². The molecule has 5 rings (SSSR count). The van der Waals surface area contributed by atoms with Crippen molar-refractivity contribution in [3.63, 3.8) is 0 Å². The topological polar surface area (TPSA) is 81.8 Å². The molecule has 1 aliphatic heterocycles. The number of carbonyl (C=O) groups excluding carboxylic acids is 1. The van der Waals surface area contributed by atoms with Gasteiger partial charge in [0.15, 0.2) is 23.0 Å². The lowest BCUT2D eigenvalue weighted by atomic mass is 9.87. The number of carbonyl (C=O) groups is 1. The molecular formula is C29H30N2O5. The minimum absolute atomic E-state index is 0.0477. The predicted molar refractivity (Wildman–Crippen MR) is 138 cm³/mol. The Morgan fingerprint density at radius 1 is 1.03 bits per heavy atom. The molecule has 0 bridgehead atoms. The monoisotopic (exact) mass is 486 g/mol. The quantitative estimate of drug-likeness (QED) is 0.335. The Hall–Kier alpha value is -4.13. The number of hydrogen-bond acceptors (Lipinski definition) is 5. The van der Waals surface area contributed by atoms with Gasteiger partial charge < -0.3 is 29.2 Å². The van der Waals surface area contributed by atoms with E-state index in [4.69, 9.17) is 18.9 Å². The van der Waals surface area contributed by atoms with Crippen LogP contribution in [0.2, 0.25) is 0 Å². The van der Waals surface area contributed by atoms with E-state index in [2.05, 4.69) is 35.4 Å². The summed E-state index contributed by atoms with van der Waals surface area (Å²) in [5.74, 6) is 2.49. The SMILES string of the molecule is CCc1cccc2c([C@@H](CC(=O)NCc3ccc4c(c3)OCO4)c3ccc(OC)c(OC)c3)c[nH]c12. The van der Waals surface area contributed by atoms with Crippen molar-refractivity contribution in [2.75, 3.05) is 21.0 Å². The molecule has 3 aromatic carbocycles. The lowest BCUT2D eigenvalue weighted by molar-refractivity contribution is -0.121. The van der Waals surface area contributed by atoms with E-state index in [1.807, 2.05) is 42.6 Å². The number of aromatic nitrogens is 1. The summed E-state index contributed by atoms with van der Waals surface area (Å²) in [4.78, 5) is 16.7. The number of fused-ring (bicyclic) bond motifs is 2. The molecule has 0 saturated heterocycles. The summed E-state index contributed by atoms with van der Waals surface area (Å²) >= 11 is 0. The molecule has 7 heteroatoms. The highest BCUT2D eigenvalue weighted by Gasteiger charge is 2.24. The summed E-state index contributed by atoms with van der Waals surface area (Å²) < 4.78 is 21.8. The van der Waals surface area contributed by atoms with Crippen LogP contribution < -0.4 is 24.3 Å². The van der Waals surface area contributed by atoms with Gasteiger partial charge in [-0.15, -0.1) is 0 Å². The molecule has 0 aliphatic carbocycles. The van der Waals surface area contributed by atoms with Crippen molar-refractivity contribution in [1.29, 1.82) is 0 Å². The first-order valence-corrected chi connectivity index (χ1v) is 12.1. The van der Waals surface area contributed by atoms with E-state index < -0.39 is 0 Å². The Morgan fingerprint density at radius 3 is 2.67 bits per heavy atom. The number of nitrogens with one attached hydrogen (secondary N) is 2. The van der Waals surface area contributed by atoms with Gasteiger partial charge in [0.05, 0.1) is 14.2 Å². The van der Waals surface area contributed by atoms with Crippen LogP contribution in [-0.4, -0.2) is 31.9 Å². The number of amides is 1. The van der Waals surface area contributed by atoms with Crippen LogP contribution in [0.4, 0.5) is 0 Å². The summed E-state index contributed by atoms with van der Waals surface area (Å²) in [6, 6.07) is 17.9. The van der Waals surface area contributed by atoms with E-state index in [9.17, 15) is 4.79 Å². The zero-order valence-electron chi connectivity index (χ0n) is 20.7. The van der Waals surface area contributed by atoms with Crippen molar-refractivity contribution < 1.29 is 23.7 Å². The first-order valence-electron chi connectivity index (χ1n) is 12.1. The second-order valence-corrected chi connectivity index (χ2v) is 8.77. The highest BCUT2D eigenvalue weighted by Crippen LogP contribution is 2.38. The molecule has 1 aliphatic rings. The number of benzene rings is 3. The number of para-hydroxylation sites is 1. The van der Waals surface area contributed by atoms with Crippen LogP contribution in [0.1, 0.15) is 41.5 Å². The maximum Gasteiger partial charge on any atom is 0.231 e. The normalized spacial score (nSPS) is 13.0. The average Bonchev–Trinajstić information content (AvgIpc) is 3.57. The summed E-state index contributed by atoms with van der Waals surface area (Å²) in [6.45, 7) is 2.77. The molecule has 36 heavy (non-hydrogen) atoms. The molecule has 2 heterocycles. The number of aromatic amines is 1. The minimum Gasteiger partial charge on any atom is -0.493 e. The Labute approximate surface area is 210 Å². The fraction of sp³-hybridized carbons (Fsp3) is 0.276. The lowest BCUT2D eigenvalue weighted by Crippen LogP contribution is -2.25. The zero-order chi connectivity index (χ0) is 25.1. The van der Waals surface area contributed by atoms with Gasteiger partial charge in [-0.3, -0.25) is 4.79 Å². The minimum atomic E-state index is -0.178. The van der Waals surface area contributed by atoms with E-state index >= 15 is 0 Å². The number of rotatable bonds is 9. The number of aryl methyl sites for hydroxylation is 1. The summed E-state index contributed by atoms with van der Waals surface area (Å²) in [7, 11) is 3.23. The van der Waals surface area contributed by atoms with E-state index in [0.717, 1.165) is 39.8 Å². The van der Waals surface area contributed by atoms with Crippen molar-refractivity contribution in [3.8, 4) is 23.0 Å². The smallest absolute Gasteiger partial charge is 0.231 e. The van der Waals surface area contributed by atoms with Crippen LogP contribution in [0.5, 0.6) is 23.0 Å². The van der Waals surface area contributed by atoms with Gasteiger partial charge in [0.25, 0.3) is 0 Å². The number of methoxy groups -OCH3 is 2. The Bertz CT molecular complexity index is 1390. The third-order valence-electron chi connectivity index (χ3n) is 6.72. The number of ether oxygens (including phenoxy) is 4. The molecule has 0 unspecified atom stereocenters. The molecule has 0 fully saturated rings. The molecule has 1 amide bonds. The van der Waals surface area contributed by atoms with Crippen LogP contribution in [0.15, 0.2) is 60.8 Å². The van der Waals surface area contributed by atoms with Gasteiger partial charge in [-0.2, -0.15) is 0 Å². The van der Waals surface area contributed by atoms with Crippen LogP contribution in [0.3, 0.4) is 0 Å². The highest BCUT2D eigenvalue weighted by atomic mass is 16.7. The highest BCUT2D eigenvalue weighted by molar-refractivity contribution is 5.88. The summed E-state index contributed by atoms with van der Waals surface area (Å²) in [5.41, 5.74) is 5.37. The third kappa shape index (κ3) is 4.56. The lowest BCUT2D eigenvalue weighted by Gasteiger charge is -2.19. The molecule has 7 nitrogen and oxygen atoms in total. The first-order chi connectivity index (χ1) is 17.6. The van der Waals surface area contributed by atoms with Crippen molar-refractivity contribution in [3.05, 3.63) is 83.0 Å². The fourth-order valence-corrected chi connectivity index (χ4v) is 4.81. The molecule has 0 spiro atoms. The molecule has 186 valence electrons. The second kappa shape index (κ2) is 10.2. The maximum atomic E-state index is 13.2. The zero-order valence-corrected chi connectivity index (χ0v) is 20.7. The van der Waals surface area contributed by atoms with Crippen LogP contribution in [0.25, 0.3) is 10.9 Å². The van der Waals surface area contributed by atoms with E-state index in [1.165, 1.54) is 5.56 Å². The largest absolute Gasteiger partial charge is 0.493 e. The molecule has 4 aromatic rings. The second-order valence-electron chi connectivity index (χ2n) is 8.77. The standard InChI is InChI=1S/C29H30N2O5/c1-4-19-6-5-7-21-23(16-31-29(19)21)22(20-9-11-24(33-2)26(13-20)34-3)14-28(32)30-15-18-8-10-25-27(12-18)36-17-35-25/h5-13,16,22,31H,4,14-15,17H2,1-3H3,(H,30,32)/t22-/m0/s1. The molecular weight excluding hydrogens is 456 g/mol. The molecule has 0 radical (unpaired) electrons. The van der Waals surface area contributed by atoms with Crippen LogP contribution in [-0.2, 0) is 17.8 Å². The molecule has 0 saturated carbocycles. The first kappa shape index (κ1) is 23.6. The number of hydrogen-bond donors (Lipinski definition) is 2. The van der Waals surface area contributed by atoms with Crippen molar-refractivity contribution >= 4 is 16.8 Å². The van der Waals surface area contributed by atoms with E-state index in [0.29, 0.717) is 23.8 Å². The summed E-state index contributed by atoms with van der Waals surface area (Å²) in [6.07, 6.45) is 3.23. The van der Waals surface area contributed by atoms with Crippen molar-refractivity contribution in [2.24, 2.45) is 0 Å². The maximum absolute atomic E-state index is 13.2. The molecule has 1 atom stereocenters. The van der Waals surface area contributed by atoms with Gasteiger partial charge in [0, 0.05) is 36.0 Å². The Balaban J connectivity index is 1.44. The van der Waals surface area contributed by atoms with Gasteiger partial charge in [-0.1, -0.05) is 37.3 Å². The van der Waals surface area contributed by atoms with E-state index in [1.54, 1.807) is 14.2 Å². The van der Waals surface area contributed by atoms with Gasteiger partial charge >= 0.3 is 0 Å². The van der Waals surface area contributed by atoms with Gasteiger partial charge in [-0.25, -0.2) is 0 Å². The van der Waals surface area contributed by atoms with Crippen LogP contribution in [0, 0.1) is 0 Å². The molecule has 2 N–H and O–H groups in total. The van der Waals surface area contributed by atoms with Crippen molar-refractivity contribution in [2.45, 2.75) is 32.2 Å². The van der Waals surface area contributed by atoms with Gasteiger partial charge in [0.1, 0.15) is 0 Å². The third-order valence-corrected chi connectivity index (χ3v) is 6.72.